The van der Waals surface area contributed by atoms with Gasteiger partial charge in [0.1, 0.15) is 0 Å². The molecule has 12 heavy (non-hydrogen) atoms. The molecule has 72 valence electrons. The van der Waals surface area contributed by atoms with Gasteiger partial charge in [0.25, 0.3) is 0 Å². The summed E-state index contributed by atoms with van der Waals surface area (Å²) < 4.78 is 4.57. The molecule has 1 fully saturated rings. The molecule has 2 atom stereocenters. The summed E-state index contributed by atoms with van der Waals surface area (Å²) in [4.78, 5) is 10.8. The van der Waals surface area contributed by atoms with Gasteiger partial charge in [-0.1, -0.05) is 0 Å². The lowest BCUT2D eigenvalue weighted by Crippen LogP contribution is -2.15. The summed E-state index contributed by atoms with van der Waals surface area (Å²) in [5.41, 5.74) is 5.69. The number of hydrogen-bond donors (Lipinski definition) is 1. The zero-order chi connectivity index (χ0) is 8.27. The standard InChI is InChI=1S/C8H15NO2.ClH/c1-11-8(10)5-6-2-3-7(9)4-6;/h6-7H,2-5,9H2,1H3;1H/t6-,7-;/m1./s1. The van der Waals surface area contributed by atoms with Gasteiger partial charge in [-0.15, -0.1) is 12.4 Å². The second-order valence-electron chi connectivity index (χ2n) is 3.22. The maximum atomic E-state index is 10.8. The highest BCUT2D eigenvalue weighted by Gasteiger charge is 2.23. The van der Waals surface area contributed by atoms with Crippen molar-refractivity contribution in [2.75, 3.05) is 7.11 Å². The number of methoxy groups -OCH3 is 1. The number of carbonyl (C=O) groups is 1. The second kappa shape index (κ2) is 5.38. The van der Waals surface area contributed by atoms with Crippen LogP contribution in [0.4, 0.5) is 0 Å². The minimum Gasteiger partial charge on any atom is -0.469 e. The highest BCUT2D eigenvalue weighted by Crippen LogP contribution is 2.26. The summed E-state index contributed by atoms with van der Waals surface area (Å²) in [7, 11) is 1.43. The Morgan fingerprint density at radius 2 is 2.25 bits per heavy atom. The van der Waals surface area contributed by atoms with Crippen LogP contribution in [0.5, 0.6) is 0 Å². The molecule has 0 aromatic carbocycles. The van der Waals surface area contributed by atoms with Crippen LogP contribution in [0.25, 0.3) is 0 Å². The number of hydrogen-bond acceptors (Lipinski definition) is 3. The lowest BCUT2D eigenvalue weighted by Gasteiger charge is -2.06. The van der Waals surface area contributed by atoms with Gasteiger partial charge >= 0.3 is 5.97 Å². The van der Waals surface area contributed by atoms with Crippen LogP contribution in [0.3, 0.4) is 0 Å². The first kappa shape index (κ1) is 11.7. The lowest BCUT2D eigenvalue weighted by atomic mass is 10.0. The second-order valence-corrected chi connectivity index (χ2v) is 3.22. The molecule has 3 nitrogen and oxygen atoms in total. The summed E-state index contributed by atoms with van der Waals surface area (Å²) in [5, 5.41) is 0. The number of halogens is 1. The van der Waals surface area contributed by atoms with Crippen LogP contribution in [-0.4, -0.2) is 19.1 Å². The first-order valence-electron chi connectivity index (χ1n) is 4.04. The lowest BCUT2D eigenvalue weighted by molar-refractivity contribution is -0.141. The van der Waals surface area contributed by atoms with Crippen LogP contribution in [-0.2, 0) is 9.53 Å². The fraction of sp³-hybridized carbons (Fsp3) is 0.875. The molecule has 1 aliphatic rings. The third kappa shape index (κ3) is 3.41. The van der Waals surface area contributed by atoms with Crippen molar-refractivity contribution < 1.29 is 9.53 Å². The van der Waals surface area contributed by atoms with E-state index in [2.05, 4.69) is 4.74 Å². The van der Waals surface area contributed by atoms with Gasteiger partial charge in [0.15, 0.2) is 0 Å². The third-order valence-corrected chi connectivity index (χ3v) is 2.26. The Morgan fingerprint density at radius 1 is 1.58 bits per heavy atom. The first-order chi connectivity index (χ1) is 5.22. The smallest absolute Gasteiger partial charge is 0.305 e. The van der Waals surface area contributed by atoms with Crippen LogP contribution >= 0.6 is 12.4 Å². The van der Waals surface area contributed by atoms with E-state index < -0.39 is 0 Å². The van der Waals surface area contributed by atoms with Gasteiger partial charge in [0.2, 0.25) is 0 Å². The van der Waals surface area contributed by atoms with E-state index in [9.17, 15) is 4.79 Å². The maximum absolute atomic E-state index is 10.8. The van der Waals surface area contributed by atoms with Crippen LogP contribution in [0.2, 0.25) is 0 Å². The number of esters is 1. The number of carbonyl (C=O) groups excluding carboxylic acids is 1. The van der Waals surface area contributed by atoms with Crippen molar-refractivity contribution in [3.63, 3.8) is 0 Å². The highest BCUT2D eigenvalue weighted by molar-refractivity contribution is 5.85. The summed E-state index contributed by atoms with van der Waals surface area (Å²) in [6.07, 6.45) is 3.66. The molecule has 4 heteroatoms. The Kier molecular flexibility index (Phi) is 5.25. The average Bonchev–Trinajstić information content (AvgIpc) is 2.35. The predicted molar refractivity (Wildman–Crippen MR) is 49.2 cm³/mol. The molecule has 0 amide bonds. The fourth-order valence-corrected chi connectivity index (χ4v) is 1.62. The molecular formula is C8H16ClNO2. The van der Waals surface area contributed by atoms with Crippen molar-refractivity contribution in [2.45, 2.75) is 31.7 Å². The minimum atomic E-state index is -0.107. The molecule has 0 unspecified atom stereocenters. The van der Waals surface area contributed by atoms with E-state index in [0.29, 0.717) is 18.4 Å². The Morgan fingerprint density at radius 3 is 2.67 bits per heavy atom. The monoisotopic (exact) mass is 193 g/mol. The molecule has 0 spiro atoms. The van der Waals surface area contributed by atoms with Gasteiger partial charge < -0.3 is 10.5 Å². The van der Waals surface area contributed by atoms with Crippen molar-refractivity contribution in [3.05, 3.63) is 0 Å². The van der Waals surface area contributed by atoms with Crippen molar-refractivity contribution in [1.82, 2.24) is 0 Å². The normalized spacial score (nSPS) is 27.8. The predicted octanol–water partition coefficient (Wildman–Crippen LogP) is 1.10. The number of ether oxygens (including phenoxy) is 1. The van der Waals surface area contributed by atoms with E-state index in [4.69, 9.17) is 5.73 Å². The van der Waals surface area contributed by atoms with Crippen molar-refractivity contribution in [1.29, 1.82) is 0 Å². The van der Waals surface area contributed by atoms with Crippen LogP contribution in [0.15, 0.2) is 0 Å². The number of rotatable bonds is 2. The molecule has 0 saturated heterocycles. The van der Waals surface area contributed by atoms with Gasteiger partial charge in [-0.2, -0.15) is 0 Å². The van der Waals surface area contributed by atoms with E-state index in [1.807, 2.05) is 0 Å². The zero-order valence-electron chi connectivity index (χ0n) is 7.29. The average molecular weight is 194 g/mol. The van der Waals surface area contributed by atoms with Crippen LogP contribution in [0, 0.1) is 5.92 Å². The zero-order valence-corrected chi connectivity index (χ0v) is 8.10. The summed E-state index contributed by atoms with van der Waals surface area (Å²) in [5.74, 6) is 0.363. The topological polar surface area (TPSA) is 52.3 Å². The van der Waals surface area contributed by atoms with Gasteiger partial charge in [-0.05, 0) is 25.2 Å². The minimum absolute atomic E-state index is 0. The molecular weight excluding hydrogens is 178 g/mol. The van der Waals surface area contributed by atoms with E-state index >= 15 is 0 Å². The molecule has 2 N–H and O–H groups in total. The molecule has 0 aromatic rings. The summed E-state index contributed by atoms with van der Waals surface area (Å²) in [6, 6.07) is 0.310. The summed E-state index contributed by atoms with van der Waals surface area (Å²) in [6.45, 7) is 0. The van der Waals surface area contributed by atoms with E-state index in [-0.39, 0.29) is 18.4 Å². The number of nitrogens with two attached hydrogens (primary N) is 1. The van der Waals surface area contributed by atoms with Crippen molar-refractivity contribution in [2.24, 2.45) is 11.7 Å². The van der Waals surface area contributed by atoms with E-state index in [1.165, 1.54) is 7.11 Å². The van der Waals surface area contributed by atoms with Gasteiger partial charge in [0.05, 0.1) is 7.11 Å². The first-order valence-corrected chi connectivity index (χ1v) is 4.04. The molecule has 1 rings (SSSR count). The molecule has 0 heterocycles. The SMILES string of the molecule is COC(=O)C[C@@H]1CC[C@@H](N)C1.Cl. The Balaban J connectivity index is 0.00000121. The fourth-order valence-electron chi connectivity index (χ4n) is 1.62. The molecule has 0 aromatic heterocycles. The third-order valence-electron chi connectivity index (χ3n) is 2.26. The Bertz CT molecular complexity index is 152. The van der Waals surface area contributed by atoms with Gasteiger partial charge in [0, 0.05) is 12.5 Å². The Labute approximate surface area is 79.1 Å². The maximum Gasteiger partial charge on any atom is 0.305 e. The Hall–Kier alpha value is -0.280. The van der Waals surface area contributed by atoms with Crippen molar-refractivity contribution >= 4 is 18.4 Å². The van der Waals surface area contributed by atoms with Gasteiger partial charge in [-0.25, -0.2) is 0 Å². The van der Waals surface area contributed by atoms with E-state index in [1.54, 1.807) is 0 Å². The molecule has 1 aliphatic carbocycles. The quantitative estimate of drug-likeness (QED) is 0.669. The van der Waals surface area contributed by atoms with E-state index in [0.717, 1.165) is 19.3 Å². The molecule has 0 aliphatic heterocycles. The molecule has 0 radical (unpaired) electrons. The molecule has 0 bridgehead atoms. The van der Waals surface area contributed by atoms with Crippen molar-refractivity contribution in [3.8, 4) is 0 Å². The van der Waals surface area contributed by atoms with Gasteiger partial charge in [-0.3, -0.25) is 4.79 Å². The largest absolute Gasteiger partial charge is 0.469 e. The van der Waals surface area contributed by atoms with Crippen LogP contribution in [0.1, 0.15) is 25.7 Å². The van der Waals surface area contributed by atoms with Crippen LogP contribution < -0.4 is 5.73 Å². The highest BCUT2D eigenvalue weighted by atomic mass is 35.5. The molecule has 1 saturated carbocycles. The summed E-state index contributed by atoms with van der Waals surface area (Å²) >= 11 is 0.